The molecule has 0 bridgehead atoms. The van der Waals surface area contributed by atoms with Gasteiger partial charge in [-0.1, -0.05) is 24.3 Å². The number of hydrogen-bond donors (Lipinski definition) is 1. The summed E-state index contributed by atoms with van der Waals surface area (Å²) in [5.74, 6) is 2.36. The molecule has 0 amide bonds. The monoisotopic (exact) mass is 367 g/mol. The minimum absolute atomic E-state index is 0.152. The largest absolute Gasteiger partial charge is 0.486 e. The van der Waals surface area contributed by atoms with Crippen molar-refractivity contribution in [2.45, 2.75) is 24.9 Å². The summed E-state index contributed by atoms with van der Waals surface area (Å²) in [6, 6.07) is 16.4. The number of benzene rings is 2. The van der Waals surface area contributed by atoms with Gasteiger partial charge in [-0.25, -0.2) is 4.98 Å². The molecular formula is C21H23N2O2S+. The summed E-state index contributed by atoms with van der Waals surface area (Å²) in [5, 5.41) is 1.32. The average molecular weight is 367 g/mol. The lowest BCUT2D eigenvalue weighted by atomic mass is 9.97. The molecule has 3 heterocycles. The van der Waals surface area contributed by atoms with Gasteiger partial charge in [-0.05, 0) is 24.3 Å². The van der Waals surface area contributed by atoms with E-state index >= 15 is 0 Å². The fourth-order valence-corrected chi connectivity index (χ4v) is 5.16. The van der Waals surface area contributed by atoms with Crippen LogP contribution in [0.5, 0.6) is 11.5 Å². The fraction of sp³-hybridized carbons (Fsp3) is 0.381. The highest BCUT2D eigenvalue weighted by atomic mass is 32.1. The van der Waals surface area contributed by atoms with E-state index in [0.29, 0.717) is 12.5 Å². The third-order valence-electron chi connectivity index (χ3n) is 5.44. The van der Waals surface area contributed by atoms with E-state index < -0.39 is 0 Å². The Balaban J connectivity index is 1.19. The van der Waals surface area contributed by atoms with Crippen LogP contribution in [0.4, 0.5) is 0 Å². The van der Waals surface area contributed by atoms with Crippen molar-refractivity contribution in [2.24, 2.45) is 0 Å². The summed E-state index contributed by atoms with van der Waals surface area (Å²) in [4.78, 5) is 6.49. The summed E-state index contributed by atoms with van der Waals surface area (Å²) < 4.78 is 13.3. The van der Waals surface area contributed by atoms with Gasteiger partial charge in [0.25, 0.3) is 0 Å². The number of piperidine rings is 1. The van der Waals surface area contributed by atoms with Gasteiger partial charge < -0.3 is 14.4 Å². The SMILES string of the molecule is c1ccc2c(c1)OC[C@@H](C[NH+]1CCC(c3nc4ccccc4s3)CC1)O2. The van der Waals surface area contributed by atoms with Gasteiger partial charge in [0.1, 0.15) is 13.2 Å². The molecule has 0 radical (unpaired) electrons. The van der Waals surface area contributed by atoms with Gasteiger partial charge in [-0.2, -0.15) is 0 Å². The lowest BCUT2D eigenvalue weighted by Crippen LogP contribution is -3.14. The van der Waals surface area contributed by atoms with E-state index in [0.717, 1.165) is 23.6 Å². The molecule has 134 valence electrons. The van der Waals surface area contributed by atoms with Gasteiger partial charge in [-0.15, -0.1) is 11.3 Å². The first-order chi connectivity index (χ1) is 12.8. The van der Waals surface area contributed by atoms with E-state index in [1.807, 2.05) is 35.6 Å². The lowest BCUT2D eigenvalue weighted by Gasteiger charge is -2.32. The molecule has 1 saturated heterocycles. The van der Waals surface area contributed by atoms with E-state index in [4.69, 9.17) is 14.5 Å². The van der Waals surface area contributed by atoms with E-state index in [1.165, 1.54) is 35.6 Å². The van der Waals surface area contributed by atoms with Crippen LogP contribution in [0, 0.1) is 0 Å². The number of fused-ring (bicyclic) bond motifs is 2. The number of para-hydroxylation sites is 3. The number of nitrogens with zero attached hydrogens (tertiary/aromatic N) is 1. The summed E-state index contributed by atoms with van der Waals surface area (Å²) in [6.45, 7) is 4.03. The van der Waals surface area contributed by atoms with Crippen LogP contribution in [0.3, 0.4) is 0 Å². The Hall–Kier alpha value is -2.11. The predicted octanol–water partition coefficient (Wildman–Crippen LogP) is 2.90. The first-order valence-electron chi connectivity index (χ1n) is 9.43. The molecule has 0 spiro atoms. The molecule has 0 unspecified atom stereocenters. The van der Waals surface area contributed by atoms with Gasteiger partial charge in [0.2, 0.25) is 0 Å². The second-order valence-corrected chi connectivity index (χ2v) is 8.31. The molecule has 1 atom stereocenters. The predicted molar refractivity (Wildman–Crippen MR) is 104 cm³/mol. The first-order valence-corrected chi connectivity index (χ1v) is 10.2. The van der Waals surface area contributed by atoms with Crippen LogP contribution in [0.25, 0.3) is 10.2 Å². The van der Waals surface area contributed by atoms with Crippen molar-refractivity contribution in [3.63, 3.8) is 0 Å². The molecule has 2 aliphatic heterocycles. The maximum Gasteiger partial charge on any atom is 0.181 e. The zero-order valence-corrected chi connectivity index (χ0v) is 15.5. The quantitative estimate of drug-likeness (QED) is 0.773. The van der Waals surface area contributed by atoms with Crippen LogP contribution in [0.15, 0.2) is 48.5 Å². The van der Waals surface area contributed by atoms with Gasteiger partial charge in [0.15, 0.2) is 17.6 Å². The lowest BCUT2D eigenvalue weighted by molar-refractivity contribution is -0.908. The Bertz CT molecular complexity index is 869. The number of rotatable bonds is 3. The van der Waals surface area contributed by atoms with Crippen molar-refractivity contribution in [1.29, 1.82) is 0 Å². The summed E-state index contributed by atoms with van der Waals surface area (Å²) in [7, 11) is 0. The molecule has 5 rings (SSSR count). The molecule has 2 aliphatic rings. The second kappa shape index (κ2) is 6.89. The molecule has 0 saturated carbocycles. The van der Waals surface area contributed by atoms with Crippen molar-refractivity contribution in [3.8, 4) is 11.5 Å². The number of ether oxygens (including phenoxy) is 2. The molecule has 4 nitrogen and oxygen atoms in total. The number of quaternary nitrogens is 1. The van der Waals surface area contributed by atoms with Crippen molar-refractivity contribution in [1.82, 2.24) is 4.98 Å². The second-order valence-electron chi connectivity index (χ2n) is 7.25. The summed E-state index contributed by atoms with van der Waals surface area (Å²) >= 11 is 1.87. The van der Waals surface area contributed by atoms with Crippen molar-refractivity contribution >= 4 is 21.6 Å². The minimum atomic E-state index is 0.152. The van der Waals surface area contributed by atoms with Crippen LogP contribution in [0.1, 0.15) is 23.8 Å². The Morgan fingerprint density at radius 2 is 1.77 bits per heavy atom. The molecular weight excluding hydrogens is 344 g/mol. The van der Waals surface area contributed by atoms with Gasteiger partial charge in [-0.3, -0.25) is 0 Å². The van der Waals surface area contributed by atoms with E-state index in [9.17, 15) is 0 Å². The Morgan fingerprint density at radius 3 is 2.62 bits per heavy atom. The molecule has 0 aliphatic carbocycles. The molecule has 1 N–H and O–H groups in total. The summed E-state index contributed by atoms with van der Waals surface area (Å²) in [6.07, 6.45) is 2.57. The molecule has 26 heavy (non-hydrogen) atoms. The molecule has 1 fully saturated rings. The number of thiazole rings is 1. The van der Waals surface area contributed by atoms with E-state index in [-0.39, 0.29) is 6.10 Å². The third kappa shape index (κ3) is 3.17. The normalized spacial score (nSPS) is 25.3. The molecule has 2 aromatic carbocycles. The zero-order chi connectivity index (χ0) is 17.3. The van der Waals surface area contributed by atoms with Gasteiger partial charge in [0.05, 0.1) is 28.3 Å². The maximum absolute atomic E-state index is 6.13. The van der Waals surface area contributed by atoms with Crippen LogP contribution < -0.4 is 14.4 Å². The Morgan fingerprint density at radius 1 is 1.00 bits per heavy atom. The number of aromatic nitrogens is 1. The third-order valence-corrected chi connectivity index (χ3v) is 6.64. The maximum atomic E-state index is 6.13. The van der Waals surface area contributed by atoms with Crippen molar-refractivity contribution < 1.29 is 14.4 Å². The number of likely N-dealkylation sites (tertiary alicyclic amines) is 1. The standard InChI is InChI=1S/C21H22N2O2S/c1-4-8-20-17(5-1)22-21(26-20)15-9-11-23(12-10-15)13-16-14-24-18-6-2-3-7-19(18)25-16/h1-8,15-16H,9-14H2/p+1/t16-/m1/s1. The van der Waals surface area contributed by atoms with E-state index in [1.54, 1.807) is 4.90 Å². The summed E-state index contributed by atoms with van der Waals surface area (Å²) in [5.41, 5.74) is 1.15. The van der Waals surface area contributed by atoms with E-state index in [2.05, 4.69) is 24.3 Å². The van der Waals surface area contributed by atoms with Crippen LogP contribution in [0.2, 0.25) is 0 Å². The topological polar surface area (TPSA) is 35.8 Å². The first kappa shape index (κ1) is 16.1. The van der Waals surface area contributed by atoms with Crippen molar-refractivity contribution in [2.75, 3.05) is 26.2 Å². The van der Waals surface area contributed by atoms with Crippen LogP contribution in [-0.4, -0.2) is 37.3 Å². The average Bonchev–Trinajstić information content (AvgIpc) is 3.13. The highest BCUT2D eigenvalue weighted by Crippen LogP contribution is 2.32. The Labute approximate surface area is 157 Å². The number of nitrogens with one attached hydrogen (secondary N) is 1. The van der Waals surface area contributed by atoms with Crippen molar-refractivity contribution in [3.05, 3.63) is 53.5 Å². The molecule has 1 aromatic heterocycles. The highest BCUT2D eigenvalue weighted by molar-refractivity contribution is 7.18. The van der Waals surface area contributed by atoms with Crippen LogP contribution >= 0.6 is 11.3 Å². The molecule has 5 heteroatoms. The van der Waals surface area contributed by atoms with Gasteiger partial charge in [0, 0.05) is 18.8 Å². The van der Waals surface area contributed by atoms with Gasteiger partial charge >= 0.3 is 0 Å². The Kier molecular flexibility index (Phi) is 4.27. The smallest absolute Gasteiger partial charge is 0.181 e. The molecule has 3 aromatic rings. The van der Waals surface area contributed by atoms with Crippen LogP contribution in [-0.2, 0) is 0 Å². The minimum Gasteiger partial charge on any atom is -0.486 e. The fourth-order valence-electron chi connectivity index (χ4n) is 4.03. The zero-order valence-electron chi connectivity index (χ0n) is 14.7. The number of hydrogen-bond acceptors (Lipinski definition) is 4. The highest BCUT2D eigenvalue weighted by Gasteiger charge is 2.30.